The van der Waals surface area contributed by atoms with Crippen molar-refractivity contribution in [2.45, 2.75) is 0 Å². The SMILES string of the molecule is O=C(NC(=O)c1c(F)cccc1F)Nc1cc(Cl)c(OC(=O)Oc2ccccc2)cc1Cl. The van der Waals surface area contributed by atoms with E-state index in [1.54, 1.807) is 23.5 Å². The summed E-state index contributed by atoms with van der Waals surface area (Å²) >= 11 is 12.1. The quantitative estimate of drug-likeness (QED) is 0.362. The van der Waals surface area contributed by atoms with Gasteiger partial charge in [0.15, 0.2) is 5.75 Å². The molecule has 0 aliphatic heterocycles. The first-order valence-electron chi connectivity index (χ1n) is 8.74. The molecule has 0 bridgehead atoms. The van der Waals surface area contributed by atoms with Gasteiger partial charge in [0.2, 0.25) is 0 Å². The first-order chi connectivity index (χ1) is 15.2. The second-order valence-electron chi connectivity index (χ2n) is 6.03. The van der Waals surface area contributed by atoms with Crippen LogP contribution in [0.5, 0.6) is 11.5 Å². The number of para-hydroxylation sites is 1. The lowest BCUT2D eigenvalue weighted by Gasteiger charge is -2.12. The number of nitrogens with one attached hydrogen (secondary N) is 2. The molecule has 0 aliphatic rings. The van der Waals surface area contributed by atoms with E-state index in [1.165, 1.54) is 12.1 Å². The maximum Gasteiger partial charge on any atom is 0.519 e. The minimum absolute atomic E-state index is 0.0697. The van der Waals surface area contributed by atoms with Crippen molar-refractivity contribution in [2.24, 2.45) is 0 Å². The fraction of sp³-hybridized carbons (Fsp3) is 0. The minimum atomic E-state index is -1.30. The van der Waals surface area contributed by atoms with Gasteiger partial charge in [-0.15, -0.1) is 0 Å². The van der Waals surface area contributed by atoms with Gasteiger partial charge in [-0.2, -0.15) is 0 Å². The first-order valence-corrected chi connectivity index (χ1v) is 9.50. The average molecular weight is 481 g/mol. The number of ether oxygens (including phenoxy) is 2. The Bertz CT molecular complexity index is 1170. The summed E-state index contributed by atoms with van der Waals surface area (Å²) in [5.41, 5.74) is -0.993. The van der Waals surface area contributed by atoms with E-state index >= 15 is 0 Å². The van der Waals surface area contributed by atoms with Crippen LogP contribution in [0.4, 0.5) is 24.1 Å². The number of carbonyl (C=O) groups excluding carboxylic acids is 3. The van der Waals surface area contributed by atoms with Crippen LogP contribution in [0.1, 0.15) is 10.4 Å². The van der Waals surface area contributed by atoms with Crippen molar-refractivity contribution < 1.29 is 32.6 Å². The van der Waals surface area contributed by atoms with Crippen LogP contribution in [0, 0.1) is 11.6 Å². The summed E-state index contributed by atoms with van der Waals surface area (Å²) in [6, 6.07) is 12.1. The number of urea groups is 1. The molecule has 3 amide bonds. The Kier molecular flexibility index (Phi) is 7.24. The molecule has 32 heavy (non-hydrogen) atoms. The summed E-state index contributed by atoms with van der Waals surface area (Å²) in [5.74, 6) is -3.50. The van der Waals surface area contributed by atoms with Crippen LogP contribution < -0.4 is 20.1 Å². The summed E-state index contributed by atoms with van der Waals surface area (Å²) in [6.45, 7) is 0. The van der Waals surface area contributed by atoms with E-state index in [-0.39, 0.29) is 27.2 Å². The molecule has 0 fully saturated rings. The summed E-state index contributed by atoms with van der Waals surface area (Å²) in [5, 5.41) is 3.74. The zero-order chi connectivity index (χ0) is 23.3. The number of amides is 3. The second kappa shape index (κ2) is 10.1. The van der Waals surface area contributed by atoms with Gasteiger partial charge in [-0.25, -0.2) is 18.4 Å². The molecule has 0 saturated carbocycles. The lowest BCUT2D eigenvalue weighted by atomic mass is 10.2. The highest BCUT2D eigenvalue weighted by Crippen LogP contribution is 2.34. The lowest BCUT2D eigenvalue weighted by molar-refractivity contribution is 0.0958. The smallest absolute Gasteiger partial charge is 0.395 e. The van der Waals surface area contributed by atoms with Crippen LogP contribution in [0.25, 0.3) is 0 Å². The fourth-order valence-electron chi connectivity index (χ4n) is 2.43. The molecular formula is C21H12Cl2F2N2O5. The molecule has 164 valence electrons. The molecule has 7 nitrogen and oxygen atoms in total. The van der Waals surface area contributed by atoms with Gasteiger partial charge in [0, 0.05) is 6.07 Å². The van der Waals surface area contributed by atoms with Crippen LogP contribution in [0.15, 0.2) is 60.7 Å². The van der Waals surface area contributed by atoms with Gasteiger partial charge in [-0.3, -0.25) is 10.1 Å². The van der Waals surface area contributed by atoms with Gasteiger partial charge in [-0.1, -0.05) is 47.5 Å². The van der Waals surface area contributed by atoms with Crippen molar-refractivity contribution in [1.82, 2.24) is 5.32 Å². The van der Waals surface area contributed by atoms with E-state index < -0.39 is 35.3 Å². The van der Waals surface area contributed by atoms with E-state index in [1.807, 2.05) is 0 Å². The third-order valence-corrected chi connectivity index (χ3v) is 4.43. The lowest BCUT2D eigenvalue weighted by Crippen LogP contribution is -2.35. The molecule has 3 aromatic rings. The molecular weight excluding hydrogens is 469 g/mol. The van der Waals surface area contributed by atoms with Crippen LogP contribution in [-0.2, 0) is 0 Å². The molecule has 2 N–H and O–H groups in total. The predicted molar refractivity (Wildman–Crippen MR) is 112 cm³/mol. The van der Waals surface area contributed by atoms with Crippen molar-refractivity contribution in [2.75, 3.05) is 5.32 Å². The van der Waals surface area contributed by atoms with E-state index in [2.05, 4.69) is 5.32 Å². The van der Waals surface area contributed by atoms with Crippen molar-refractivity contribution in [3.8, 4) is 11.5 Å². The summed E-state index contributed by atoms with van der Waals surface area (Å²) in [4.78, 5) is 35.9. The number of carbonyl (C=O) groups is 3. The van der Waals surface area contributed by atoms with Gasteiger partial charge in [0.25, 0.3) is 5.91 Å². The maximum absolute atomic E-state index is 13.7. The molecule has 3 rings (SSSR count). The zero-order valence-electron chi connectivity index (χ0n) is 15.8. The highest BCUT2D eigenvalue weighted by atomic mass is 35.5. The standard InChI is InChI=1S/C21H12Cl2F2N2O5/c22-12-10-17(32-21(30)31-11-5-2-1-3-6-11)13(23)9-16(12)26-20(29)27-19(28)18-14(24)7-4-8-15(18)25/h1-10H,(H2,26,27,28,29). The molecule has 0 unspecified atom stereocenters. The average Bonchev–Trinajstić information content (AvgIpc) is 2.72. The number of hydrogen-bond acceptors (Lipinski definition) is 5. The Morgan fingerprint density at radius 1 is 0.812 bits per heavy atom. The Labute approximate surface area is 189 Å². The van der Waals surface area contributed by atoms with Gasteiger partial charge in [0.1, 0.15) is 22.9 Å². The maximum atomic E-state index is 13.7. The predicted octanol–water partition coefficient (Wildman–Crippen LogP) is 5.81. The monoisotopic (exact) mass is 480 g/mol. The molecule has 0 heterocycles. The topological polar surface area (TPSA) is 93.7 Å². The number of rotatable bonds is 4. The molecule has 0 saturated heterocycles. The van der Waals surface area contributed by atoms with Crippen molar-refractivity contribution >= 4 is 47.0 Å². The van der Waals surface area contributed by atoms with E-state index in [9.17, 15) is 23.2 Å². The van der Waals surface area contributed by atoms with Crippen LogP contribution >= 0.6 is 23.2 Å². The van der Waals surface area contributed by atoms with Gasteiger partial charge in [0.05, 0.1) is 15.7 Å². The third-order valence-electron chi connectivity index (χ3n) is 3.82. The van der Waals surface area contributed by atoms with Gasteiger partial charge >= 0.3 is 12.2 Å². The Morgan fingerprint density at radius 3 is 2.12 bits per heavy atom. The molecule has 0 aromatic heterocycles. The molecule has 0 spiro atoms. The normalized spacial score (nSPS) is 10.2. The van der Waals surface area contributed by atoms with Crippen LogP contribution in [-0.4, -0.2) is 18.1 Å². The molecule has 0 radical (unpaired) electrons. The molecule has 0 atom stereocenters. The first kappa shape index (κ1) is 23.0. The number of anilines is 1. The molecule has 11 heteroatoms. The summed E-state index contributed by atoms with van der Waals surface area (Å²) in [6.07, 6.45) is -1.08. The van der Waals surface area contributed by atoms with Crippen molar-refractivity contribution in [3.63, 3.8) is 0 Å². The molecule has 3 aromatic carbocycles. The Hall–Kier alpha value is -3.69. The van der Waals surface area contributed by atoms with Crippen LogP contribution in [0.3, 0.4) is 0 Å². The summed E-state index contributed by atoms with van der Waals surface area (Å²) < 4.78 is 37.3. The minimum Gasteiger partial charge on any atom is -0.395 e. The number of halogens is 4. The van der Waals surface area contributed by atoms with Gasteiger partial charge in [-0.05, 0) is 30.3 Å². The number of imide groups is 1. The number of benzene rings is 3. The zero-order valence-corrected chi connectivity index (χ0v) is 17.3. The highest BCUT2D eigenvalue weighted by Gasteiger charge is 2.20. The Balaban J connectivity index is 1.66. The molecule has 0 aliphatic carbocycles. The van der Waals surface area contributed by atoms with Crippen LogP contribution in [0.2, 0.25) is 10.0 Å². The van der Waals surface area contributed by atoms with E-state index in [0.29, 0.717) is 0 Å². The second-order valence-corrected chi connectivity index (χ2v) is 6.85. The third kappa shape index (κ3) is 5.71. The fourth-order valence-corrected chi connectivity index (χ4v) is 2.84. The summed E-state index contributed by atoms with van der Waals surface area (Å²) in [7, 11) is 0. The largest absolute Gasteiger partial charge is 0.519 e. The van der Waals surface area contributed by atoms with E-state index in [0.717, 1.165) is 30.3 Å². The number of hydrogen-bond donors (Lipinski definition) is 2. The van der Waals surface area contributed by atoms with E-state index in [4.69, 9.17) is 32.7 Å². The van der Waals surface area contributed by atoms with Crippen molar-refractivity contribution in [1.29, 1.82) is 0 Å². The highest BCUT2D eigenvalue weighted by molar-refractivity contribution is 6.36. The van der Waals surface area contributed by atoms with Gasteiger partial charge < -0.3 is 14.8 Å². The van der Waals surface area contributed by atoms with Crippen molar-refractivity contribution in [3.05, 3.63) is 87.9 Å². The Morgan fingerprint density at radius 2 is 1.47 bits per heavy atom.